The molecule has 0 radical (unpaired) electrons. The lowest BCUT2D eigenvalue weighted by Gasteiger charge is -2.20. The number of benzene rings is 1. The van der Waals surface area contributed by atoms with Gasteiger partial charge in [0.05, 0.1) is 4.90 Å². The van der Waals surface area contributed by atoms with Crippen LogP contribution in [0.1, 0.15) is 26.2 Å². The van der Waals surface area contributed by atoms with E-state index in [1.807, 2.05) is 6.07 Å². The van der Waals surface area contributed by atoms with E-state index >= 15 is 0 Å². The molecule has 4 nitrogen and oxygen atoms in total. The van der Waals surface area contributed by atoms with Gasteiger partial charge in [0.15, 0.2) is 9.84 Å². The average molecular weight is 294 g/mol. The quantitative estimate of drug-likeness (QED) is 0.924. The van der Waals surface area contributed by atoms with Crippen molar-refractivity contribution in [3.05, 3.63) is 24.3 Å². The van der Waals surface area contributed by atoms with Crippen LogP contribution < -0.4 is 5.32 Å². The highest BCUT2D eigenvalue weighted by Gasteiger charge is 2.38. The van der Waals surface area contributed by atoms with E-state index in [4.69, 9.17) is 0 Å². The third-order valence-corrected chi connectivity index (χ3v) is 5.38. The molecule has 1 aromatic rings. The fourth-order valence-corrected chi connectivity index (χ4v) is 3.79. The summed E-state index contributed by atoms with van der Waals surface area (Å²) in [5.41, 5.74) is 0.905. The summed E-state index contributed by atoms with van der Waals surface area (Å²) in [7, 11) is -3.13. The summed E-state index contributed by atoms with van der Waals surface area (Å²) >= 11 is 0. The highest BCUT2D eigenvalue weighted by Crippen LogP contribution is 2.34. The predicted octanol–water partition coefficient (Wildman–Crippen LogP) is 2.13. The lowest BCUT2D eigenvalue weighted by atomic mass is 10.2. The number of hydrogen-bond acceptors (Lipinski definition) is 4. The molecule has 0 aromatic heterocycles. The molecule has 1 N–H and O–H groups in total. The summed E-state index contributed by atoms with van der Waals surface area (Å²) in [6.07, 6.45) is 5.04. The molecule has 2 aliphatic rings. The Morgan fingerprint density at radius 1 is 1.30 bits per heavy atom. The first-order valence-electron chi connectivity index (χ1n) is 7.26. The van der Waals surface area contributed by atoms with E-state index in [1.165, 1.54) is 19.1 Å². The number of nitrogens with one attached hydrogen (secondary N) is 1. The van der Waals surface area contributed by atoms with Crippen molar-refractivity contribution in [2.24, 2.45) is 0 Å². The Morgan fingerprint density at radius 2 is 2.05 bits per heavy atom. The largest absolute Gasteiger partial charge is 0.381 e. The van der Waals surface area contributed by atoms with Gasteiger partial charge in [-0.3, -0.25) is 4.90 Å². The second-order valence-corrected chi connectivity index (χ2v) is 8.17. The molecule has 0 spiro atoms. The van der Waals surface area contributed by atoms with Crippen LogP contribution in [0.3, 0.4) is 0 Å². The van der Waals surface area contributed by atoms with Gasteiger partial charge in [0.2, 0.25) is 0 Å². The fraction of sp³-hybridized carbons (Fsp3) is 0.600. The van der Waals surface area contributed by atoms with Crippen molar-refractivity contribution in [2.75, 3.05) is 18.1 Å². The molecule has 2 fully saturated rings. The van der Waals surface area contributed by atoms with Crippen LogP contribution in [0.5, 0.6) is 0 Å². The first-order valence-corrected chi connectivity index (χ1v) is 9.15. The van der Waals surface area contributed by atoms with Crippen LogP contribution in [-0.2, 0) is 9.84 Å². The summed E-state index contributed by atoms with van der Waals surface area (Å²) in [5, 5.41) is 3.49. The number of rotatable bonds is 4. The zero-order chi connectivity index (χ0) is 14.3. The van der Waals surface area contributed by atoms with Crippen LogP contribution in [0.25, 0.3) is 0 Å². The maximum Gasteiger partial charge on any atom is 0.175 e. The van der Waals surface area contributed by atoms with Crippen LogP contribution in [-0.4, -0.2) is 44.2 Å². The Labute approximate surface area is 121 Å². The molecule has 110 valence electrons. The van der Waals surface area contributed by atoms with Gasteiger partial charge in [-0.25, -0.2) is 8.42 Å². The maximum absolute atomic E-state index is 11.6. The summed E-state index contributed by atoms with van der Waals surface area (Å²) in [6.45, 7) is 3.35. The van der Waals surface area contributed by atoms with Crippen LogP contribution in [0, 0.1) is 0 Å². The first kappa shape index (κ1) is 13.9. The van der Waals surface area contributed by atoms with Gasteiger partial charge in [0.1, 0.15) is 0 Å². The van der Waals surface area contributed by atoms with Gasteiger partial charge in [-0.2, -0.15) is 0 Å². The van der Waals surface area contributed by atoms with Crippen molar-refractivity contribution in [3.8, 4) is 0 Å². The lowest BCUT2D eigenvalue weighted by molar-refractivity contribution is 0.257. The summed E-state index contributed by atoms with van der Waals surface area (Å²) < 4.78 is 23.2. The number of sulfone groups is 1. The molecule has 1 heterocycles. The molecule has 2 unspecified atom stereocenters. The Hall–Kier alpha value is -1.07. The SMILES string of the molecule is CC1CC(Nc2cccc(S(C)(=O)=O)c2)CN1C1CC1. The Kier molecular flexibility index (Phi) is 3.50. The van der Waals surface area contributed by atoms with Crippen LogP contribution in [0.4, 0.5) is 5.69 Å². The second kappa shape index (κ2) is 5.04. The molecule has 1 aromatic carbocycles. The molecule has 0 bridgehead atoms. The van der Waals surface area contributed by atoms with Gasteiger partial charge in [-0.15, -0.1) is 0 Å². The molecular formula is C15H22N2O2S. The minimum Gasteiger partial charge on any atom is -0.381 e. The zero-order valence-electron chi connectivity index (χ0n) is 12.0. The minimum atomic E-state index is -3.13. The molecule has 5 heteroatoms. The van der Waals surface area contributed by atoms with Crippen molar-refractivity contribution in [1.82, 2.24) is 4.90 Å². The van der Waals surface area contributed by atoms with Crippen molar-refractivity contribution in [2.45, 2.75) is 49.2 Å². The minimum absolute atomic E-state index is 0.382. The zero-order valence-corrected chi connectivity index (χ0v) is 12.9. The van der Waals surface area contributed by atoms with Gasteiger partial charge < -0.3 is 5.32 Å². The topological polar surface area (TPSA) is 49.4 Å². The standard InChI is InChI=1S/C15H22N2O2S/c1-11-8-13(10-17(11)14-6-7-14)16-12-4-3-5-15(9-12)20(2,18)19/h3-5,9,11,13-14,16H,6-8,10H2,1-2H3. The average Bonchev–Trinajstić information content (AvgIpc) is 3.14. The highest BCUT2D eigenvalue weighted by atomic mass is 32.2. The van der Waals surface area contributed by atoms with E-state index in [9.17, 15) is 8.42 Å². The van der Waals surface area contributed by atoms with Gasteiger partial charge >= 0.3 is 0 Å². The van der Waals surface area contributed by atoms with Crippen molar-refractivity contribution < 1.29 is 8.42 Å². The van der Waals surface area contributed by atoms with Crippen LogP contribution in [0.2, 0.25) is 0 Å². The molecular weight excluding hydrogens is 272 g/mol. The Balaban J connectivity index is 1.69. The monoisotopic (exact) mass is 294 g/mol. The smallest absolute Gasteiger partial charge is 0.175 e. The molecule has 2 atom stereocenters. The molecule has 1 aliphatic carbocycles. The number of hydrogen-bond donors (Lipinski definition) is 1. The first-order chi connectivity index (χ1) is 9.43. The van der Waals surface area contributed by atoms with Gasteiger partial charge in [-0.1, -0.05) is 6.07 Å². The Bertz CT molecular complexity index is 596. The van der Waals surface area contributed by atoms with Gasteiger partial charge in [0.25, 0.3) is 0 Å². The number of likely N-dealkylation sites (tertiary alicyclic amines) is 1. The molecule has 20 heavy (non-hydrogen) atoms. The number of anilines is 1. The normalized spacial score (nSPS) is 27.7. The van der Waals surface area contributed by atoms with Crippen LogP contribution >= 0.6 is 0 Å². The van der Waals surface area contributed by atoms with Gasteiger partial charge in [0, 0.05) is 36.6 Å². The molecule has 3 rings (SSSR count). The maximum atomic E-state index is 11.6. The van der Waals surface area contributed by atoms with E-state index in [2.05, 4.69) is 17.1 Å². The van der Waals surface area contributed by atoms with Crippen molar-refractivity contribution in [3.63, 3.8) is 0 Å². The van der Waals surface area contributed by atoms with E-state index < -0.39 is 9.84 Å². The third-order valence-electron chi connectivity index (χ3n) is 4.27. The van der Waals surface area contributed by atoms with Crippen LogP contribution in [0.15, 0.2) is 29.2 Å². The highest BCUT2D eigenvalue weighted by molar-refractivity contribution is 7.90. The third kappa shape index (κ3) is 2.99. The molecule has 1 saturated carbocycles. The van der Waals surface area contributed by atoms with Gasteiger partial charge in [-0.05, 0) is 44.4 Å². The summed E-state index contributed by atoms with van der Waals surface area (Å²) in [6, 6.07) is 8.96. The van der Waals surface area contributed by atoms with E-state index in [0.717, 1.165) is 24.7 Å². The van der Waals surface area contributed by atoms with E-state index in [-0.39, 0.29) is 0 Å². The predicted molar refractivity (Wildman–Crippen MR) is 80.8 cm³/mol. The summed E-state index contributed by atoms with van der Waals surface area (Å²) in [4.78, 5) is 2.96. The Morgan fingerprint density at radius 3 is 2.70 bits per heavy atom. The lowest BCUT2D eigenvalue weighted by Crippen LogP contribution is -2.31. The number of nitrogens with zero attached hydrogens (tertiary/aromatic N) is 1. The van der Waals surface area contributed by atoms with E-state index in [1.54, 1.807) is 18.2 Å². The van der Waals surface area contributed by atoms with E-state index in [0.29, 0.717) is 17.0 Å². The van der Waals surface area contributed by atoms with Crippen molar-refractivity contribution >= 4 is 15.5 Å². The molecule has 1 aliphatic heterocycles. The summed E-state index contributed by atoms with van der Waals surface area (Å²) in [5.74, 6) is 0. The molecule has 0 amide bonds. The van der Waals surface area contributed by atoms with Crippen molar-refractivity contribution in [1.29, 1.82) is 0 Å². The molecule has 1 saturated heterocycles. The second-order valence-electron chi connectivity index (χ2n) is 6.15. The fourth-order valence-electron chi connectivity index (χ4n) is 3.13.